The number of nitrogens with one attached hydrogen (secondary N) is 1. The lowest BCUT2D eigenvalue weighted by molar-refractivity contribution is -0.137. The molecule has 0 saturated carbocycles. The number of benzene rings is 2. The number of anilines is 1. The Bertz CT molecular complexity index is 930. The van der Waals surface area contributed by atoms with Gasteiger partial charge in [-0.2, -0.15) is 13.2 Å². The zero-order valence-corrected chi connectivity index (χ0v) is 17.4. The molecule has 0 fully saturated rings. The summed E-state index contributed by atoms with van der Waals surface area (Å²) in [6.07, 6.45) is -3.04. The second-order valence-corrected chi connectivity index (χ2v) is 7.54. The lowest BCUT2D eigenvalue weighted by Gasteiger charge is -2.30. The van der Waals surface area contributed by atoms with Crippen LogP contribution in [0.3, 0.4) is 0 Å². The molecule has 3 rings (SSSR count). The Morgan fingerprint density at radius 2 is 1.71 bits per heavy atom. The lowest BCUT2D eigenvalue weighted by Crippen LogP contribution is -2.41. The normalized spacial score (nSPS) is 13.5. The zero-order chi connectivity index (χ0) is 22.4. The van der Waals surface area contributed by atoms with Crippen molar-refractivity contribution in [3.63, 3.8) is 0 Å². The van der Waals surface area contributed by atoms with Crippen molar-refractivity contribution in [3.05, 3.63) is 65.2 Å². The fourth-order valence-corrected chi connectivity index (χ4v) is 3.72. The van der Waals surface area contributed by atoms with Crippen LogP contribution in [0.4, 0.5) is 23.7 Å². The third-order valence-corrected chi connectivity index (χ3v) is 5.33. The van der Waals surface area contributed by atoms with Crippen LogP contribution >= 0.6 is 0 Å². The molecule has 2 aromatic carbocycles. The molecule has 0 aromatic heterocycles. The van der Waals surface area contributed by atoms with Crippen LogP contribution < -0.4 is 5.32 Å². The molecule has 0 aliphatic carbocycles. The standard InChI is InChI=1S/C23H26F3N3O2/c1-2-13-28(22(31)27-20-10-6-5-9-19(20)23(24,25)26)15-12-21(30)29-14-11-17-7-3-4-8-18(17)16-29/h3-10H,2,11-16H2,1H3,(H,27,31). The van der Waals surface area contributed by atoms with Gasteiger partial charge in [0.1, 0.15) is 0 Å². The molecule has 1 heterocycles. The van der Waals surface area contributed by atoms with Crippen LogP contribution in [0.5, 0.6) is 0 Å². The van der Waals surface area contributed by atoms with Crippen molar-refractivity contribution in [2.75, 3.05) is 25.0 Å². The number of alkyl halides is 3. The summed E-state index contributed by atoms with van der Waals surface area (Å²) in [5.41, 5.74) is 1.17. The van der Waals surface area contributed by atoms with Crippen LogP contribution in [0.1, 0.15) is 36.5 Å². The Hall–Kier alpha value is -3.03. The molecule has 1 N–H and O–H groups in total. The van der Waals surface area contributed by atoms with Crippen molar-refractivity contribution in [1.82, 2.24) is 9.80 Å². The van der Waals surface area contributed by atoms with E-state index in [-0.39, 0.29) is 24.6 Å². The highest BCUT2D eigenvalue weighted by atomic mass is 19.4. The first-order chi connectivity index (χ1) is 14.8. The largest absolute Gasteiger partial charge is 0.418 e. The van der Waals surface area contributed by atoms with Crippen LogP contribution in [-0.2, 0) is 23.9 Å². The van der Waals surface area contributed by atoms with Crippen molar-refractivity contribution in [3.8, 4) is 0 Å². The maximum atomic E-state index is 13.2. The number of fused-ring (bicyclic) bond motifs is 1. The summed E-state index contributed by atoms with van der Waals surface area (Å²) in [7, 11) is 0. The van der Waals surface area contributed by atoms with Crippen molar-refractivity contribution < 1.29 is 22.8 Å². The van der Waals surface area contributed by atoms with E-state index in [1.54, 1.807) is 4.90 Å². The number of amides is 3. The van der Waals surface area contributed by atoms with Crippen LogP contribution in [0.2, 0.25) is 0 Å². The summed E-state index contributed by atoms with van der Waals surface area (Å²) < 4.78 is 39.6. The van der Waals surface area contributed by atoms with Gasteiger partial charge in [0.15, 0.2) is 0 Å². The van der Waals surface area contributed by atoms with Crippen LogP contribution in [-0.4, -0.2) is 41.4 Å². The number of hydrogen-bond donors (Lipinski definition) is 1. The average Bonchev–Trinajstić information content (AvgIpc) is 2.75. The topological polar surface area (TPSA) is 52.7 Å². The second-order valence-electron chi connectivity index (χ2n) is 7.54. The van der Waals surface area contributed by atoms with Crippen LogP contribution in [0.15, 0.2) is 48.5 Å². The van der Waals surface area contributed by atoms with Gasteiger partial charge in [-0.1, -0.05) is 43.3 Å². The Morgan fingerprint density at radius 1 is 1.03 bits per heavy atom. The minimum atomic E-state index is -4.57. The van der Waals surface area contributed by atoms with E-state index in [2.05, 4.69) is 11.4 Å². The predicted octanol–water partition coefficient (Wildman–Crippen LogP) is 4.92. The molecule has 2 aromatic rings. The van der Waals surface area contributed by atoms with E-state index in [1.807, 2.05) is 25.1 Å². The highest BCUT2D eigenvalue weighted by Crippen LogP contribution is 2.34. The number of urea groups is 1. The van der Waals surface area contributed by atoms with Gasteiger partial charge in [-0.05, 0) is 36.1 Å². The molecule has 1 aliphatic rings. The Kier molecular flexibility index (Phi) is 7.20. The van der Waals surface area contributed by atoms with E-state index in [9.17, 15) is 22.8 Å². The van der Waals surface area contributed by atoms with E-state index in [1.165, 1.54) is 28.7 Å². The van der Waals surface area contributed by atoms with Gasteiger partial charge in [-0.25, -0.2) is 4.79 Å². The fraction of sp³-hybridized carbons (Fsp3) is 0.391. The summed E-state index contributed by atoms with van der Waals surface area (Å²) in [5, 5.41) is 2.36. The minimum Gasteiger partial charge on any atom is -0.338 e. The molecule has 0 saturated heterocycles. The SMILES string of the molecule is CCCN(CCC(=O)N1CCc2ccccc2C1)C(=O)Nc1ccccc1C(F)(F)F. The molecular formula is C23H26F3N3O2. The van der Waals surface area contributed by atoms with Gasteiger partial charge in [-0.15, -0.1) is 0 Å². The molecule has 0 radical (unpaired) electrons. The fourth-order valence-electron chi connectivity index (χ4n) is 3.72. The van der Waals surface area contributed by atoms with Gasteiger partial charge in [0.25, 0.3) is 0 Å². The number of halogens is 3. The highest BCUT2D eigenvalue weighted by molar-refractivity contribution is 5.90. The summed E-state index contributed by atoms with van der Waals surface area (Å²) in [5.74, 6) is -0.0703. The minimum absolute atomic E-state index is 0.0703. The average molecular weight is 433 g/mol. The van der Waals surface area contributed by atoms with E-state index in [0.717, 1.165) is 18.1 Å². The first kappa shape index (κ1) is 22.7. The van der Waals surface area contributed by atoms with Crippen LogP contribution in [0.25, 0.3) is 0 Å². The molecular weight excluding hydrogens is 407 g/mol. The number of carbonyl (C=O) groups excluding carboxylic acids is 2. The molecule has 0 bridgehead atoms. The maximum absolute atomic E-state index is 13.2. The number of para-hydroxylation sites is 1. The van der Waals surface area contributed by atoms with Crippen molar-refractivity contribution in [2.45, 2.75) is 38.9 Å². The molecule has 1 aliphatic heterocycles. The Balaban J connectivity index is 1.61. The molecule has 0 atom stereocenters. The van der Waals surface area contributed by atoms with Crippen LogP contribution in [0, 0.1) is 0 Å². The van der Waals surface area contributed by atoms with Gasteiger partial charge in [0.05, 0.1) is 11.3 Å². The molecule has 31 heavy (non-hydrogen) atoms. The molecule has 3 amide bonds. The number of rotatable bonds is 6. The summed E-state index contributed by atoms with van der Waals surface area (Å²) in [6.45, 7) is 3.51. The molecule has 0 unspecified atom stereocenters. The molecule has 166 valence electrons. The second kappa shape index (κ2) is 9.85. The predicted molar refractivity (Wildman–Crippen MR) is 113 cm³/mol. The summed E-state index contributed by atoms with van der Waals surface area (Å²) in [4.78, 5) is 28.5. The number of hydrogen-bond acceptors (Lipinski definition) is 2. The first-order valence-corrected chi connectivity index (χ1v) is 10.4. The van der Waals surface area contributed by atoms with E-state index in [4.69, 9.17) is 0 Å². The monoisotopic (exact) mass is 433 g/mol. The smallest absolute Gasteiger partial charge is 0.338 e. The van der Waals surface area contributed by atoms with E-state index < -0.39 is 17.8 Å². The molecule has 8 heteroatoms. The highest BCUT2D eigenvalue weighted by Gasteiger charge is 2.34. The Labute approximate surface area is 179 Å². The van der Waals surface area contributed by atoms with Crippen molar-refractivity contribution >= 4 is 17.6 Å². The number of carbonyl (C=O) groups is 2. The first-order valence-electron chi connectivity index (χ1n) is 10.4. The van der Waals surface area contributed by atoms with E-state index >= 15 is 0 Å². The van der Waals surface area contributed by atoms with Gasteiger partial charge < -0.3 is 15.1 Å². The molecule has 0 spiro atoms. The van der Waals surface area contributed by atoms with Gasteiger partial charge in [-0.3, -0.25) is 4.79 Å². The van der Waals surface area contributed by atoms with E-state index in [0.29, 0.717) is 26.1 Å². The third kappa shape index (κ3) is 5.77. The lowest BCUT2D eigenvalue weighted by atomic mass is 10.00. The van der Waals surface area contributed by atoms with Gasteiger partial charge >= 0.3 is 12.2 Å². The van der Waals surface area contributed by atoms with Crippen molar-refractivity contribution in [2.24, 2.45) is 0 Å². The summed E-state index contributed by atoms with van der Waals surface area (Å²) >= 11 is 0. The molecule has 5 nitrogen and oxygen atoms in total. The quantitative estimate of drug-likeness (QED) is 0.703. The maximum Gasteiger partial charge on any atom is 0.418 e. The Morgan fingerprint density at radius 3 is 2.42 bits per heavy atom. The van der Waals surface area contributed by atoms with Crippen molar-refractivity contribution in [1.29, 1.82) is 0 Å². The van der Waals surface area contributed by atoms with Gasteiger partial charge in [0.2, 0.25) is 5.91 Å². The number of nitrogens with zero attached hydrogens (tertiary/aromatic N) is 2. The van der Waals surface area contributed by atoms with Gasteiger partial charge in [0, 0.05) is 32.6 Å². The zero-order valence-electron chi connectivity index (χ0n) is 17.4. The summed E-state index contributed by atoms with van der Waals surface area (Å²) in [6, 6.07) is 12.2. The third-order valence-electron chi connectivity index (χ3n) is 5.33.